The van der Waals surface area contributed by atoms with E-state index < -0.39 is 0 Å². The van der Waals surface area contributed by atoms with Crippen LogP contribution in [0.5, 0.6) is 0 Å². The number of nitrogens with zero attached hydrogens (tertiary/aromatic N) is 1. The summed E-state index contributed by atoms with van der Waals surface area (Å²) in [5, 5.41) is 3.09. The van der Waals surface area contributed by atoms with Gasteiger partial charge in [0.15, 0.2) is 0 Å². The van der Waals surface area contributed by atoms with Crippen LogP contribution < -0.4 is 11.1 Å². The molecular weight excluding hydrogens is 214 g/mol. The summed E-state index contributed by atoms with van der Waals surface area (Å²) < 4.78 is 0. The van der Waals surface area contributed by atoms with Gasteiger partial charge in [0.2, 0.25) is 5.91 Å². The SMILES string of the molecule is CNCCCN(C)C(=O)C(C)CCCC(C)N. The summed E-state index contributed by atoms with van der Waals surface area (Å²) in [6.45, 7) is 5.81. The summed E-state index contributed by atoms with van der Waals surface area (Å²) in [6.07, 6.45) is 3.98. The highest BCUT2D eigenvalue weighted by Crippen LogP contribution is 2.11. The maximum absolute atomic E-state index is 12.0. The van der Waals surface area contributed by atoms with Crippen LogP contribution in [0.4, 0.5) is 0 Å². The molecule has 102 valence electrons. The molecule has 0 aromatic rings. The lowest BCUT2D eigenvalue weighted by Crippen LogP contribution is -2.33. The predicted molar refractivity (Wildman–Crippen MR) is 72.8 cm³/mol. The zero-order valence-electron chi connectivity index (χ0n) is 11.8. The van der Waals surface area contributed by atoms with Crippen LogP contribution in [0.2, 0.25) is 0 Å². The Morgan fingerprint density at radius 3 is 2.47 bits per heavy atom. The second-order valence-corrected chi connectivity index (χ2v) is 5.03. The van der Waals surface area contributed by atoms with Gasteiger partial charge in [0.1, 0.15) is 0 Å². The zero-order chi connectivity index (χ0) is 13.3. The fraction of sp³-hybridized carbons (Fsp3) is 0.923. The fourth-order valence-electron chi connectivity index (χ4n) is 1.85. The lowest BCUT2D eigenvalue weighted by atomic mass is 10.0. The average Bonchev–Trinajstić information content (AvgIpc) is 2.27. The fourth-order valence-corrected chi connectivity index (χ4v) is 1.85. The van der Waals surface area contributed by atoms with Gasteiger partial charge in [0.25, 0.3) is 0 Å². The highest BCUT2D eigenvalue weighted by Gasteiger charge is 2.16. The molecular formula is C13H29N3O. The van der Waals surface area contributed by atoms with Crippen LogP contribution in [0.3, 0.4) is 0 Å². The van der Waals surface area contributed by atoms with E-state index in [4.69, 9.17) is 5.73 Å². The number of hydrogen-bond acceptors (Lipinski definition) is 3. The molecule has 0 heterocycles. The largest absolute Gasteiger partial charge is 0.345 e. The third-order valence-corrected chi connectivity index (χ3v) is 3.01. The average molecular weight is 243 g/mol. The molecule has 0 spiro atoms. The Bertz CT molecular complexity index is 207. The number of nitrogens with one attached hydrogen (secondary N) is 1. The molecule has 0 aliphatic rings. The molecule has 2 atom stereocenters. The summed E-state index contributed by atoms with van der Waals surface area (Å²) in [5.74, 6) is 0.374. The van der Waals surface area contributed by atoms with Crippen molar-refractivity contribution in [3.05, 3.63) is 0 Å². The lowest BCUT2D eigenvalue weighted by Gasteiger charge is -2.21. The Morgan fingerprint density at radius 1 is 1.29 bits per heavy atom. The minimum atomic E-state index is 0.119. The van der Waals surface area contributed by atoms with Crippen molar-refractivity contribution >= 4 is 5.91 Å². The van der Waals surface area contributed by atoms with Gasteiger partial charge in [0, 0.05) is 25.6 Å². The highest BCUT2D eigenvalue weighted by molar-refractivity contribution is 5.78. The third-order valence-electron chi connectivity index (χ3n) is 3.01. The van der Waals surface area contributed by atoms with E-state index in [1.165, 1.54) is 0 Å². The number of hydrogen-bond donors (Lipinski definition) is 2. The second kappa shape index (κ2) is 9.42. The van der Waals surface area contributed by atoms with Gasteiger partial charge >= 0.3 is 0 Å². The summed E-state index contributed by atoms with van der Waals surface area (Å²) in [5.41, 5.74) is 5.69. The van der Waals surface area contributed by atoms with Crippen LogP contribution >= 0.6 is 0 Å². The molecule has 0 bridgehead atoms. The second-order valence-electron chi connectivity index (χ2n) is 5.03. The van der Waals surface area contributed by atoms with Gasteiger partial charge in [-0.1, -0.05) is 13.3 Å². The van der Waals surface area contributed by atoms with Crippen LogP contribution in [-0.4, -0.2) is 44.0 Å². The van der Waals surface area contributed by atoms with E-state index in [-0.39, 0.29) is 17.9 Å². The molecule has 4 nitrogen and oxygen atoms in total. The molecule has 0 aromatic heterocycles. The summed E-state index contributed by atoms with van der Waals surface area (Å²) in [4.78, 5) is 13.8. The van der Waals surface area contributed by atoms with Crippen molar-refractivity contribution in [2.75, 3.05) is 27.2 Å². The van der Waals surface area contributed by atoms with E-state index >= 15 is 0 Å². The number of amides is 1. The zero-order valence-corrected chi connectivity index (χ0v) is 11.8. The van der Waals surface area contributed by atoms with E-state index in [1.807, 2.05) is 32.8 Å². The quantitative estimate of drug-likeness (QED) is 0.598. The predicted octanol–water partition coefficient (Wildman–Crippen LogP) is 1.21. The van der Waals surface area contributed by atoms with Gasteiger partial charge in [-0.15, -0.1) is 0 Å². The van der Waals surface area contributed by atoms with Gasteiger partial charge in [-0.05, 0) is 39.8 Å². The molecule has 17 heavy (non-hydrogen) atoms. The molecule has 0 saturated heterocycles. The van der Waals surface area contributed by atoms with E-state index in [2.05, 4.69) is 5.32 Å². The first-order valence-electron chi connectivity index (χ1n) is 6.64. The normalized spacial score (nSPS) is 14.4. The monoisotopic (exact) mass is 243 g/mol. The molecule has 0 rings (SSSR count). The maximum Gasteiger partial charge on any atom is 0.225 e. The van der Waals surface area contributed by atoms with Crippen LogP contribution in [0.1, 0.15) is 39.5 Å². The van der Waals surface area contributed by atoms with E-state index in [0.29, 0.717) is 0 Å². The molecule has 1 amide bonds. The molecule has 4 heteroatoms. The van der Waals surface area contributed by atoms with E-state index in [0.717, 1.165) is 38.8 Å². The van der Waals surface area contributed by atoms with Crippen molar-refractivity contribution in [1.29, 1.82) is 0 Å². The smallest absolute Gasteiger partial charge is 0.225 e. The summed E-state index contributed by atoms with van der Waals surface area (Å²) in [7, 11) is 3.82. The molecule has 0 aromatic carbocycles. The molecule has 0 aliphatic heterocycles. The molecule has 3 N–H and O–H groups in total. The standard InChI is InChI=1S/C13H29N3O/c1-11(7-5-8-12(2)14)13(17)16(4)10-6-9-15-3/h11-12,15H,5-10,14H2,1-4H3. The van der Waals surface area contributed by atoms with Crippen molar-refractivity contribution in [2.24, 2.45) is 11.7 Å². The molecule has 0 aliphatic carbocycles. The topological polar surface area (TPSA) is 58.4 Å². The Kier molecular flexibility index (Phi) is 9.09. The van der Waals surface area contributed by atoms with Crippen LogP contribution in [-0.2, 0) is 4.79 Å². The first-order valence-corrected chi connectivity index (χ1v) is 6.64. The van der Waals surface area contributed by atoms with Crippen molar-refractivity contribution in [2.45, 2.75) is 45.6 Å². The number of nitrogens with two attached hydrogens (primary N) is 1. The Morgan fingerprint density at radius 2 is 1.94 bits per heavy atom. The van der Waals surface area contributed by atoms with E-state index in [9.17, 15) is 4.79 Å². The molecule has 2 unspecified atom stereocenters. The Labute approximate surface area is 106 Å². The third kappa shape index (κ3) is 8.16. The number of rotatable bonds is 9. The number of carbonyl (C=O) groups excluding carboxylic acids is 1. The summed E-state index contributed by atoms with van der Waals surface area (Å²) >= 11 is 0. The van der Waals surface area contributed by atoms with Crippen LogP contribution in [0.25, 0.3) is 0 Å². The summed E-state index contributed by atoms with van der Waals surface area (Å²) in [6, 6.07) is 0.241. The first-order chi connectivity index (χ1) is 7.99. The maximum atomic E-state index is 12.0. The van der Waals surface area contributed by atoms with Gasteiger partial charge in [0.05, 0.1) is 0 Å². The lowest BCUT2D eigenvalue weighted by molar-refractivity contribution is -0.133. The minimum Gasteiger partial charge on any atom is -0.345 e. The molecule has 0 saturated carbocycles. The van der Waals surface area contributed by atoms with Gasteiger partial charge < -0.3 is 16.0 Å². The Balaban J connectivity index is 3.78. The van der Waals surface area contributed by atoms with Crippen molar-refractivity contribution in [3.63, 3.8) is 0 Å². The van der Waals surface area contributed by atoms with Crippen LogP contribution in [0, 0.1) is 5.92 Å². The first kappa shape index (κ1) is 16.4. The highest BCUT2D eigenvalue weighted by atomic mass is 16.2. The minimum absolute atomic E-state index is 0.119. The molecule has 0 radical (unpaired) electrons. The van der Waals surface area contributed by atoms with E-state index in [1.54, 1.807) is 0 Å². The Hall–Kier alpha value is -0.610. The van der Waals surface area contributed by atoms with Gasteiger partial charge in [-0.2, -0.15) is 0 Å². The van der Waals surface area contributed by atoms with Crippen molar-refractivity contribution < 1.29 is 4.79 Å². The van der Waals surface area contributed by atoms with Crippen LogP contribution in [0.15, 0.2) is 0 Å². The number of carbonyl (C=O) groups is 1. The van der Waals surface area contributed by atoms with Crippen molar-refractivity contribution in [3.8, 4) is 0 Å². The van der Waals surface area contributed by atoms with Gasteiger partial charge in [-0.25, -0.2) is 0 Å². The molecule has 0 fully saturated rings. The van der Waals surface area contributed by atoms with Crippen molar-refractivity contribution in [1.82, 2.24) is 10.2 Å². The van der Waals surface area contributed by atoms with Gasteiger partial charge in [-0.3, -0.25) is 4.79 Å².